The molecule has 1 aliphatic rings. The predicted octanol–water partition coefficient (Wildman–Crippen LogP) is 4.59. The summed E-state index contributed by atoms with van der Waals surface area (Å²) >= 11 is 0. The highest BCUT2D eigenvalue weighted by Crippen LogP contribution is 2.22. The zero-order valence-electron chi connectivity index (χ0n) is 19.2. The van der Waals surface area contributed by atoms with Gasteiger partial charge in [0.1, 0.15) is 0 Å². The van der Waals surface area contributed by atoms with Gasteiger partial charge in [-0.3, -0.25) is 9.59 Å². The van der Waals surface area contributed by atoms with E-state index < -0.39 is 12.1 Å². The predicted molar refractivity (Wildman–Crippen MR) is 127 cm³/mol. The van der Waals surface area contributed by atoms with E-state index in [1.807, 2.05) is 42.2 Å². The number of aliphatic hydroxyl groups excluding tert-OH is 1. The second kappa shape index (κ2) is 14.5. The van der Waals surface area contributed by atoms with E-state index in [0.717, 1.165) is 38.5 Å². The lowest BCUT2D eigenvalue weighted by atomic mass is 9.99. The molecule has 0 radical (unpaired) electrons. The van der Waals surface area contributed by atoms with Crippen molar-refractivity contribution in [1.82, 2.24) is 4.90 Å². The summed E-state index contributed by atoms with van der Waals surface area (Å²) in [5, 5.41) is 19.2. The number of hydrogen-bond acceptors (Lipinski definition) is 3. The average molecular weight is 440 g/mol. The molecule has 1 aromatic carbocycles. The lowest BCUT2D eigenvalue weighted by molar-refractivity contribution is -0.137. The summed E-state index contributed by atoms with van der Waals surface area (Å²) < 4.78 is 0. The standard InChI is InChI=1S/C27H37NO4/c1-22(12-6-4-7-13-23-14-8-5-9-15-23)25(29)19-17-24-18-20-26(30)28(24)21-11-3-2-10-16-27(31)32/h5,8-9,14-15,17,19,22,24-25,29H,2-3,7,10-13,16,18,20-21H2,1H3,(H,31,32)/b19-17+/t22-,24+,25-/m1/s1. The molecule has 1 heterocycles. The van der Waals surface area contributed by atoms with E-state index in [9.17, 15) is 14.7 Å². The van der Waals surface area contributed by atoms with Crippen LogP contribution in [0.4, 0.5) is 0 Å². The number of aliphatic carboxylic acids is 1. The Morgan fingerprint density at radius 3 is 2.69 bits per heavy atom. The van der Waals surface area contributed by atoms with Crippen LogP contribution < -0.4 is 0 Å². The maximum Gasteiger partial charge on any atom is 0.303 e. The number of benzene rings is 1. The zero-order valence-corrected chi connectivity index (χ0v) is 19.2. The van der Waals surface area contributed by atoms with E-state index in [1.54, 1.807) is 0 Å². The number of carboxylic acids is 1. The third kappa shape index (κ3) is 9.70. The van der Waals surface area contributed by atoms with Crippen LogP contribution in [-0.2, 0) is 16.0 Å². The van der Waals surface area contributed by atoms with Crippen LogP contribution in [0, 0.1) is 17.8 Å². The highest BCUT2D eigenvalue weighted by atomic mass is 16.4. The second-order valence-electron chi connectivity index (χ2n) is 8.65. The van der Waals surface area contributed by atoms with Crippen LogP contribution in [0.15, 0.2) is 42.5 Å². The van der Waals surface area contributed by atoms with Crippen LogP contribution in [0.2, 0.25) is 0 Å². The molecule has 0 saturated carbocycles. The Morgan fingerprint density at radius 1 is 1.19 bits per heavy atom. The maximum absolute atomic E-state index is 12.2. The number of nitrogens with zero attached hydrogens (tertiary/aromatic N) is 1. The quantitative estimate of drug-likeness (QED) is 0.268. The van der Waals surface area contributed by atoms with Crippen LogP contribution in [-0.4, -0.2) is 45.7 Å². The molecule has 2 rings (SSSR count). The molecule has 32 heavy (non-hydrogen) atoms. The first kappa shape index (κ1) is 25.7. The number of unbranched alkanes of at least 4 members (excludes halogenated alkanes) is 3. The molecule has 0 bridgehead atoms. The second-order valence-corrected chi connectivity index (χ2v) is 8.65. The highest BCUT2D eigenvalue weighted by molar-refractivity contribution is 5.79. The number of carbonyl (C=O) groups excluding carboxylic acids is 1. The summed E-state index contributed by atoms with van der Waals surface area (Å²) in [6.07, 6.45) is 10.5. The summed E-state index contributed by atoms with van der Waals surface area (Å²) in [7, 11) is 0. The molecule has 1 aliphatic heterocycles. The molecule has 1 amide bonds. The topological polar surface area (TPSA) is 77.8 Å². The summed E-state index contributed by atoms with van der Waals surface area (Å²) in [5.74, 6) is 5.84. The number of aryl methyl sites for hydroxylation is 1. The fraction of sp³-hybridized carbons (Fsp3) is 0.556. The van der Waals surface area contributed by atoms with Gasteiger partial charge >= 0.3 is 5.97 Å². The molecular formula is C27H37NO4. The van der Waals surface area contributed by atoms with E-state index >= 15 is 0 Å². The number of hydrogen-bond donors (Lipinski definition) is 2. The van der Waals surface area contributed by atoms with Crippen LogP contribution >= 0.6 is 0 Å². The molecule has 1 aromatic rings. The number of likely N-dealkylation sites (tertiary alicyclic amines) is 1. The molecule has 2 N–H and O–H groups in total. The Kier molecular flexibility index (Phi) is 11.6. The van der Waals surface area contributed by atoms with Crippen molar-refractivity contribution in [2.75, 3.05) is 6.54 Å². The van der Waals surface area contributed by atoms with Gasteiger partial charge in [0.05, 0.1) is 12.1 Å². The van der Waals surface area contributed by atoms with Gasteiger partial charge in [0.25, 0.3) is 0 Å². The van der Waals surface area contributed by atoms with Gasteiger partial charge in [0.15, 0.2) is 0 Å². The first-order chi connectivity index (χ1) is 15.5. The van der Waals surface area contributed by atoms with Gasteiger partial charge in [-0.2, -0.15) is 0 Å². The molecule has 5 heteroatoms. The minimum Gasteiger partial charge on any atom is -0.481 e. The average Bonchev–Trinajstić information content (AvgIpc) is 3.13. The van der Waals surface area contributed by atoms with Crippen LogP contribution in [0.5, 0.6) is 0 Å². The minimum atomic E-state index is -0.754. The molecule has 3 atom stereocenters. The number of rotatable bonds is 13. The van der Waals surface area contributed by atoms with Crippen molar-refractivity contribution in [2.45, 2.75) is 83.3 Å². The summed E-state index contributed by atoms with van der Waals surface area (Å²) in [6.45, 7) is 2.69. The fourth-order valence-electron chi connectivity index (χ4n) is 3.88. The van der Waals surface area contributed by atoms with Crippen molar-refractivity contribution in [3.05, 3.63) is 48.0 Å². The lowest BCUT2D eigenvalue weighted by Gasteiger charge is -2.23. The molecule has 0 aromatic heterocycles. The van der Waals surface area contributed by atoms with Gasteiger partial charge in [-0.25, -0.2) is 0 Å². The number of aliphatic hydroxyl groups is 1. The third-order valence-corrected chi connectivity index (χ3v) is 5.96. The minimum absolute atomic E-state index is 0.0373. The monoisotopic (exact) mass is 439 g/mol. The third-order valence-electron chi connectivity index (χ3n) is 5.96. The normalized spacial score (nSPS) is 17.9. The first-order valence-corrected chi connectivity index (χ1v) is 11.8. The van der Waals surface area contributed by atoms with E-state index in [4.69, 9.17) is 5.11 Å². The summed E-state index contributed by atoms with van der Waals surface area (Å²) in [6, 6.07) is 10.3. The van der Waals surface area contributed by atoms with Crippen molar-refractivity contribution < 1.29 is 19.8 Å². The number of carboxylic acid groups (broad SMARTS) is 1. The number of amides is 1. The summed E-state index contributed by atoms with van der Waals surface area (Å²) in [4.78, 5) is 24.7. The molecule has 0 unspecified atom stereocenters. The Balaban J connectivity index is 1.69. The van der Waals surface area contributed by atoms with Crippen LogP contribution in [0.3, 0.4) is 0 Å². The molecule has 174 valence electrons. The van der Waals surface area contributed by atoms with E-state index in [2.05, 4.69) is 24.0 Å². The van der Waals surface area contributed by atoms with Gasteiger partial charge in [-0.05, 0) is 37.2 Å². The highest BCUT2D eigenvalue weighted by Gasteiger charge is 2.28. The van der Waals surface area contributed by atoms with Crippen LogP contribution in [0.25, 0.3) is 0 Å². The lowest BCUT2D eigenvalue weighted by Crippen LogP contribution is -2.33. The van der Waals surface area contributed by atoms with Gasteiger partial charge in [0, 0.05) is 32.2 Å². The Hall–Kier alpha value is -2.58. The molecule has 1 fully saturated rings. The summed E-state index contributed by atoms with van der Waals surface area (Å²) in [5.41, 5.74) is 1.29. The van der Waals surface area contributed by atoms with Crippen molar-refractivity contribution >= 4 is 11.9 Å². The van der Waals surface area contributed by atoms with E-state index in [1.165, 1.54) is 5.56 Å². The first-order valence-electron chi connectivity index (χ1n) is 11.8. The molecule has 1 saturated heterocycles. The van der Waals surface area contributed by atoms with E-state index in [-0.39, 0.29) is 24.3 Å². The van der Waals surface area contributed by atoms with Crippen molar-refractivity contribution in [1.29, 1.82) is 0 Å². The smallest absolute Gasteiger partial charge is 0.303 e. The Morgan fingerprint density at radius 2 is 1.94 bits per heavy atom. The van der Waals surface area contributed by atoms with Gasteiger partial charge in [-0.1, -0.05) is 62.2 Å². The molecule has 0 spiro atoms. The van der Waals surface area contributed by atoms with Crippen LogP contribution in [0.1, 0.15) is 70.3 Å². The molecule has 0 aliphatic carbocycles. The van der Waals surface area contributed by atoms with Crippen molar-refractivity contribution in [2.24, 2.45) is 5.92 Å². The SMILES string of the molecule is C[C@H](CC#CCCc1ccccc1)[C@H](O)/C=C/[C@H]1CCC(=O)N1CCCCCCC(=O)O. The van der Waals surface area contributed by atoms with Crippen molar-refractivity contribution in [3.8, 4) is 11.8 Å². The van der Waals surface area contributed by atoms with Gasteiger partial charge in [0.2, 0.25) is 5.91 Å². The number of carbonyl (C=O) groups is 2. The van der Waals surface area contributed by atoms with Gasteiger partial charge in [-0.15, -0.1) is 11.8 Å². The molecular weight excluding hydrogens is 402 g/mol. The van der Waals surface area contributed by atoms with E-state index in [0.29, 0.717) is 25.8 Å². The maximum atomic E-state index is 12.2. The Labute approximate surface area is 192 Å². The Bertz CT molecular complexity index is 793. The largest absolute Gasteiger partial charge is 0.481 e. The van der Waals surface area contributed by atoms with Gasteiger partial charge < -0.3 is 15.1 Å². The van der Waals surface area contributed by atoms with Crippen molar-refractivity contribution in [3.63, 3.8) is 0 Å². The zero-order chi connectivity index (χ0) is 23.2. The molecule has 5 nitrogen and oxygen atoms in total. The fourth-order valence-corrected chi connectivity index (χ4v) is 3.88.